The lowest BCUT2D eigenvalue weighted by Gasteiger charge is -2.00. The van der Waals surface area contributed by atoms with Crippen molar-refractivity contribution in [1.29, 1.82) is 0 Å². The molecule has 0 saturated heterocycles. The fourth-order valence-corrected chi connectivity index (χ4v) is 2.49. The fraction of sp³-hybridized carbons (Fsp3) is 0.250. The van der Waals surface area contributed by atoms with Crippen LogP contribution in [0.3, 0.4) is 0 Å². The Balaban J connectivity index is 1.96. The second-order valence-electron chi connectivity index (χ2n) is 2.90. The second kappa shape index (κ2) is 4.86. The summed E-state index contributed by atoms with van der Waals surface area (Å²) in [4.78, 5) is 16.7. The molecule has 0 aliphatic heterocycles. The minimum atomic E-state index is -0.266. The molecule has 1 N–H and O–H groups in total. The maximum atomic E-state index is 11.6. The summed E-state index contributed by atoms with van der Waals surface area (Å²) in [7, 11) is 0. The van der Waals surface area contributed by atoms with Crippen LogP contribution in [0.25, 0.3) is 0 Å². The first-order chi connectivity index (χ1) is 7.66. The summed E-state index contributed by atoms with van der Waals surface area (Å²) in [6.07, 6.45) is 0. The highest BCUT2D eigenvalue weighted by molar-refractivity contribution is 7.17. The molecule has 0 spiro atoms. The molecule has 2 rings (SSSR count). The summed E-state index contributed by atoms with van der Waals surface area (Å²) in [6.45, 7) is 2.35. The van der Waals surface area contributed by atoms with Crippen LogP contribution in [0, 0.1) is 6.92 Å². The molecule has 5 nitrogen and oxygen atoms in total. The molecule has 2 heterocycles. The number of carbonyl (C=O) groups excluding carboxylic acids is 1. The van der Waals surface area contributed by atoms with E-state index in [1.165, 1.54) is 11.3 Å². The molecule has 0 aromatic carbocycles. The number of nitrogens with one attached hydrogen (secondary N) is 1. The molecule has 0 fully saturated rings. The van der Waals surface area contributed by atoms with Crippen LogP contribution >= 0.6 is 34.3 Å². The van der Waals surface area contributed by atoms with Gasteiger partial charge in [-0.25, -0.2) is 4.98 Å². The third-order valence-electron chi connectivity index (χ3n) is 1.85. The number of rotatable bonds is 3. The van der Waals surface area contributed by atoms with Crippen molar-refractivity contribution in [3.63, 3.8) is 0 Å². The molecule has 0 radical (unpaired) electrons. The van der Waals surface area contributed by atoms with Crippen LogP contribution in [0.15, 0.2) is 5.51 Å². The highest BCUT2D eigenvalue weighted by atomic mass is 35.5. The van der Waals surface area contributed by atoms with E-state index in [2.05, 4.69) is 20.5 Å². The van der Waals surface area contributed by atoms with Gasteiger partial charge in [-0.1, -0.05) is 11.3 Å². The van der Waals surface area contributed by atoms with Crippen LogP contribution in [-0.2, 0) is 6.54 Å². The first-order valence-electron chi connectivity index (χ1n) is 4.33. The molecule has 0 unspecified atom stereocenters. The van der Waals surface area contributed by atoms with Crippen molar-refractivity contribution in [3.05, 3.63) is 25.6 Å². The van der Waals surface area contributed by atoms with E-state index < -0.39 is 0 Å². The molecule has 0 aliphatic rings. The first-order valence-corrected chi connectivity index (χ1v) is 6.40. The third-order valence-corrected chi connectivity index (χ3v) is 3.80. The molecule has 0 aliphatic carbocycles. The summed E-state index contributed by atoms with van der Waals surface area (Å²) in [5, 5.41) is 10.2. The monoisotopic (exact) mass is 274 g/mol. The van der Waals surface area contributed by atoms with Gasteiger partial charge in [-0.15, -0.1) is 21.5 Å². The number of aromatic nitrogens is 3. The van der Waals surface area contributed by atoms with Gasteiger partial charge in [0, 0.05) is 4.88 Å². The Kier molecular flexibility index (Phi) is 3.47. The first kappa shape index (κ1) is 11.4. The number of hydrogen-bond donors (Lipinski definition) is 1. The molecule has 8 heteroatoms. The molecule has 0 saturated carbocycles. The molecule has 0 atom stereocenters. The van der Waals surface area contributed by atoms with E-state index in [9.17, 15) is 4.79 Å². The zero-order valence-electron chi connectivity index (χ0n) is 8.23. The van der Waals surface area contributed by atoms with Gasteiger partial charge in [0.2, 0.25) is 9.47 Å². The van der Waals surface area contributed by atoms with Crippen molar-refractivity contribution in [1.82, 2.24) is 20.5 Å². The van der Waals surface area contributed by atoms with Gasteiger partial charge in [-0.05, 0) is 18.5 Å². The molecule has 2 aromatic heterocycles. The lowest BCUT2D eigenvalue weighted by molar-refractivity contribution is 0.0950. The average Bonchev–Trinajstić information content (AvgIpc) is 2.84. The van der Waals surface area contributed by atoms with Gasteiger partial charge >= 0.3 is 0 Å². The van der Waals surface area contributed by atoms with Gasteiger partial charge < -0.3 is 5.32 Å². The van der Waals surface area contributed by atoms with E-state index >= 15 is 0 Å². The number of nitrogens with zero attached hydrogens (tertiary/aromatic N) is 3. The van der Waals surface area contributed by atoms with Crippen molar-refractivity contribution < 1.29 is 4.79 Å². The quantitative estimate of drug-likeness (QED) is 0.928. The number of hydrogen-bond acceptors (Lipinski definition) is 6. The van der Waals surface area contributed by atoms with Crippen LogP contribution in [0.2, 0.25) is 4.47 Å². The number of amides is 1. The van der Waals surface area contributed by atoms with Crippen molar-refractivity contribution in [3.8, 4) is 0 Å². The number of halogens is 1. The molecule has 1 amide bonds. The molecule has 2 aromatic rings. The highest BCUT2D eigenvalue weighted by Gasteiger charge is 2.12. The van der Waals surface area contributed by atoms with E-state index in [4.69, 9.17) is 11.6 Å². The summed E-state index contributed by atoms with van der Waals surface area (Å²) in [6, 6.07) is 0. The minimum absolute atomic E-state index is 0.263. The minimum Gasteiger partial charge on any atom is -0.345 e. The number of carbonyl (C=O) groups is 1. The Labute approximate surface area is 105 Å². The van der Waals surface area contributed by atoms with E-state index in [0.717, 1.165) is 21.9 Å². The van der Waals surface area contributed by atoms with E-state index in [1.54, 1.807) is 5.51 Å². The van der Waals surface area contributed by atoms with E-state index in [-0.39, 0.29) is 15.4 Å². The topological polar surface area (TPSA) is 67.8 Å². The van der Waals surface area contributed by atoms with Gasteiger partial charge in [0.05, 0.1) is 17.7 Å². The normalized spacial score (nSPS) is 10.4. The largest absolute Gasteiger partial charge is 0.345 e. The van der Waals surface area contributed by atoms with Gasteiger partial charge in [-0.3, -0.25) is 4.79 Å². The van der Waals surface area contributed by atoms with Crippen molar-refractivity contribution >= 4 is 40.2 Å². The molecular formula is C8H7ClN4OS2. The lowest BCUT2D eigenvalue weighted by atomic mass is 10.4. The maximum absolute atomic E-state index is 11.6. The predicted molar refractivity (Wildman–Crippen MR) is 62.9 cm³/mol. The molecule has 84 valence electrons. The Bertz CT molecular complexity index is 510. The number of aryl methyl sites for hydroxylation is 1. The Hall–Kier alpha value is -1.05. The van der Waals surface area contributed by atoms with Gasteiger partial charge in [0.1, 0.15) is 0 Å². The average molecular weight is 275 g/mol. The van der Waals surface area contributed by atoms with E-state index in [1.807, 2.05) is 6.92 Å². The SMILES string of the molecule is Cc1ncsc1CNC(=O)c1nnc(Cl)s1. The van der Waals surface area contributed by atoms with Crippen LogP contribution in [0.1, 0.15) is 20.4 Å². The summed E-state index contributed by atoms with van der Waals surface area (Å²) in [5.74, 6) is -0.266. The molecular weight excluding hydrogens is 268 g/mol. The van der Waals surface area contributed by atoms with Gasteiger partial charge in [0.25, 0.3) is 5.91 Å². The summed E-state index contributed by atoms with van der Waals surface area (Å²) < 4.78 is 0.263. The van der Waals surface area contributed by atoms with Crippen LogP contribution in [0.4, 0.5) is 0 Å². The van der Waals surface area contributed by atoms with Gasteiger partial charge in [0.15, 0.2) is 0 Å². The summed E-state index contributed by atoms with van der Waals surface area (Å²) in [5.41, 5.74) is 2.68. The highest BCUT2D eigenvalue weighted by Crippen LogP contribution is 2.15. The van der Waals surface area contributed by atoms with Crippen LogP contribution in [-0.4, -0.2) is 21.1 Å². The standard InChI is InChI=1S/C8H7ClN4OS2/c1-4-5(15-3-11-4)2-10-6(14)7-12-13-8(9)16-7/h3H,2H2,1H3,(H,10,14). The predicted octanol–water partition coefficient (Wildman–Crippen LogP) is 1.89. The van der Waals surface area contributed by atoms with Crippen LogP contribution < -0.4 is 5.32 Å². The van der Waals surface area contributed by atoms with E-state index in [0.29, 0.717) is 6.54 Å². The zero-order valence-corrected chi connectivity index (χ0v) is 10.6. The zero-order chi connectivity index (χ0) is 11.5. The second-order valence-corrected chi connectivity index (χ2v) is 5.40. The molecule has 0 bridgehead atoms. The third kappa shape index (κ3) is 2.55. The van der Waals surface area contributed by atoms with Gasteiger partial charge in [-0.2, -0.15) is 0 Å². The van der Waals surface area contributed by atoms with Crippen molar-refractivity contribution in [2.45, 2.75) is 13.5 Å². The Morgan fingerprint density at radius 2 is 2.38 bits per heavy atom. The van der Waals surface area contributed by atoms with Crippen molar-refractivity contribution in [2.75, 3.05) is 0 Å². The van der Waals surface area contributed by atoms with Crippen LogP contribution in [0.5, 0.6) is 0 Å². The Morgan fingerprint density at radius 1 is 1.56 bits per heavy atom. The smallest absolute Gasteiger partial charge is 0.282 e. The Morgan fingerprint density at radius 3 is 2.94 bits per heavy atom. The number of thiazole rings is 1. The summed E-state index contributed by atoms with van der Waals surface area (Å²) >= 11 is 8.15. The lowest BCUT2D eigenvalue weighted by Crippen LogP contribution is -2.22. The maximum Gasteiger partial charge on any atom is 0.282 e. The fourth-order valence-electron chi connectivity index (χ4n) is 1.03. The van der Waals surface area contributed by atoms with Crippen molar-refractivity contribution in [2.24, 2.45) is 0 Å². The molecule has 16 heavy (non-hydrogen) atoms.